The molecule has 0 unspecified atom stereocenters. The lowest BCUT2D eigenvalue weighted by atomic mass is 10.2. The summed E-state index contributed by atoms with van der Waals surface area (Å²) in [6.45, 7) is 1.86. The second-order valence-electron chi connectivity index (χ2n) is 3.28. The first-order valence-electron chi connectivity index (χ1n) is 4.58. The molecule has 4 heteroatoms. The molecule has 0 atom stereocenters. The van der Waals surface area contributed by atoms with E-state index in [-0.39, 0.29) is 18.1 Å². The molecule has 0 spiro atoms. The van der Waals surface area contributed by atoms with Gasteiger partial charge in [0, 0.05) is 11.0 Å². The molecule has 1 aromatic carbocycles. The summed E-state index contributed by atoms with van der Waals surface area (Å²) in [5.41, 5.74) is 1.01. The van der Waals surface area contributed by atoms with E-state index in [2.05, 4.69) is 21.2 Å². The normalized spacial score (nSPS) is 9.73. The third-order valence-electron chi connectivity index (χ3n) is 1.81. The lowest BCUT2D eigenvalue weighted by Crippen LogP contribution is -2.24. The number of Topliss-reactive ketones (excluding diaryl/α,β-unsaturated/α-hetero) is 1. The fourth-order valence-corrected chi connectivity index (χ4v) is 1.36. The van der Waals surface area contributed by atoms with Crippen LogP contribution in [0.1, 0.15) is 18.9 Å². The Hall–Kier alpha value is -1.16. The second kappa shape index (κ2) is 5.66. The van der Waals surface area contributed by atoms with Crippen LogP contribution >= 0.6 is 15.9 Å². The second-order valence-corrected chi connectivity index (χ2v) is 4.20. The highest BCUT2D eigenvalue weighted by Gasteiger charge is 2.03. The van der Waals surface area contributed by atoms with E-state index in [0.717, 1.165) is 10.0 Å². The highest BCUT2D eigenvalue weighted by Crippen LogP contribution is 2.10. The number of amides is 1. The molecule has 0 saturated carbocycles. The first-order chi connectivity index (χ1) is 7.08. The zero-order chi connectivity index (χ0) is 11.3. The number of nitrogens with one attached hydrogen (secondary N) is 1. The van der Waals surface area contributed by atoms with Crippen molar-refractivity contribution in [2.24, 2.45) is 0 Å². The number of rotatable bonds is 4. The largest absolute Gasteiger partial charge is 0.352 e. The molecular formula is C11H12BrNO2. The van der Waals surface area contributed by atoms with Crippen LogP contribution in [0.4, 0.5) is 0 Å². The van der Waals surface area contributed by atoms with Crippen LogP contribution in [0.15, 0.2) is 28.7 Å². The summed E-state index contributed by atoms with van der Waals surface area (Å²) >= 11 is 3.33. The van der Waals surface area contributed by atoms with Gasteiger partial charge in [-0.05, 0) is 24.6 Å². The maximum Gasteiger partial charge on any atom is 0.227 e. The number of hydrogen-bond acceptors (Lipinski definition) is 2. The molecule has 0 saturated heterocycles. The van der Waals surface area contributed by atoms with Crippen molar-refractivity contribution >= 4 is 27.6 Å². The van der Waals surface area contributed by atoms with Gasteiger partial charge in [0.15, 0.2) is 0 Å². The predicted octanol–water partition coefficient (Wildman–Crippen LogP) is 2.04. The van der Waals surface area contributed by atoms with Gasteiger partial charge in [0.2, 0.25) is 5.91 Å². The minimum atomic E-state index is -0.231. The zero-order valence-electron chi connectivity index (χ0n) is 8.42. The summed E-state index contributed by atoms with van der Waals surface area (Å²) in [6, 6.07) is 7.65. The predicted molar refractivity (Wildman–Crippen MR) is 61.3 cm³/mol. The molecule has 0 bridgehead atoms. The van der Waals surface area contributed by atoms with Crippen LogP contribution in [0, 0.1) is 0 Å². The standard InChI is InChI=1S/C11H12BrNO2/c1-8(14)6-11(15)13-7-9-2-4-10(12)5-3-9/h2-5H,6-7H2,1H3,(H,13,15). The van der Waals surface area contributed by atoms with Crippen LogP contribution in [-0.4, -0.2) is 11.7 Å². The van der Waals surface area contributed by atoms with Crippen molar-refractivity contribution in [1.82, 2.24) is 5.32 Å². The van der Waals surface area contributed by atoms with E-state index >= 15 is 0 Å². The van der Waals surface area contributed by atoms with Gasteiger partial charge in [-0.25, -0.2) is 0 Å². The Bertz CT molecular complexity index is 359. The van der Waals surface area contributed by atoms with Gasteiger partial charge in [0.25, 0.3) is 0 Å². The van der Waals surface area contributed by atoms with E-state index < -0.39 is 0 Å². The summed E-state index contributed by atoms with van der Waals surface area (Å²) < 4.78 is 1.00. The van der Waals surface area contributed by atoms with Gasteiger partial charge < -0.3 is 5.32 Å². The Labute approximate surface area is 97.0 Å². The number of carbonyl (C=O) groups is 2. The van der Waals surface area contributed by atoms with E-state index in [1.807, 2.05) is 24.3 Å². The average molecular weight is 270 g/mol. The topological polar surface area (TPSA) is 46.2 Å². The molecule has 80 valence electrons. The molecular weight excluding hydrogens is 258 g/mol. The van der Waals surface area contributed by atoms with Crippen LogP contribution < -0.4 is 5.32 Å². The van der Waals surface area contributed by atoms with Crippen LogP contribution in [0.25, 0.3) is 0 Å². The van der Waals surface area contributed by atoms with Gasteiger partial charge in [0.1, 0.15) is 5.78 Å². The first kappa shape index (κ1) is 11.9. The molecule has 0 heterocycles. The number of halogens is 1. The van der Waals surface area contributed by atoms with Gasteiger partial charge in [0.05, 0.1) is 6.42 Å². The number of hydrogen-bond donors (Lipinski definition) is 1. The molecule has 3 nitrogen and oxygen atoms in total. The van der Waals surface area contributed by atoms with Crippen molar-refractivity contribution in [2.45, 2.75) is 19.9 Å². The third-order valence-corrected chi connectivity index (χ3v) is 2.34. The van der Waals surface area contributed by atoms with E-state index in [1.165, 1.54) is 6.92 Å². The number of ketones is 1. The zero-order valence-corrected chi connectivity index (χ0v) is 10.0. The summed E-state index contributed by atoms with van der Waals surface area (Å²) in [6.07, 6.45) is -0.0451. The molecule has 1 amide bonds. The summed E-state index contributed by atoms with van der Waals surface area (Å²) in [5.74, 6) is -0.353. The SMILES string of the molecule is CC(=O)CC(=O)NCc1ccc(Br)cc1. The fraction of sp³-hybridized carbons (Fsp3) is 0.273. The maximum atomic E-state index is 11.2. The molecule has 15 heavy (non-hydrogen) atoms. The maximum absolute atomic E-state index is 11.2. The molecule has 0 aromatic heterocycles. The monoisotopic (exact) mass is 269 g/mol. The molecule has 1 rings (SSSR count). The minimum Gasteiger partial charge on any atom is -0.352 e. The Kier molecular flexibility index (Phi) is 4.49. The minimum absolute atomic E-state index is 0.0451. The Morgan fingerprint density at radius 3 is 2.40 bits per heavy atom. The van der Waals surface area contributed by atoms with Gasteiger partial charge in [-0.2, -0.15) is 0 Å². The summed E-state index contributed by atoms with van der Waals surface area (Å²) in [5, 5.41) is 2.67. The average Bonchev–Trinajstić information content (AvgIpc) is 2.16. The van der Waals surface area contributed by atoms with E-state index in [0.29, 0.717) is 6.54 Å². The quantitative estimate of drug-likeness (QED) is 0.851. The van der Waals surface area contributed by atoms with Gasteiger partial charge >= 0.3 is 0 Å². The van der Waals surface area contributed by atoms with Crippen molar-refractivity contribution < 1.29 is 9.59 Å². The van der Waals surface area contributed by atoms with Gasteiger partial charge in [-0.1, -0.05) is 28.1 Å². The highest BCUT2D eigenvalue weighted by molar-refractivity contribution is 9.10. The van der Waals surface area contributed by atoms with Crippen molar-refractivity contribution in [2.75, 3.05) is 0 Å². The number of benzene rings is 1. The molecule has 0 aliphatic rings. The highest BCUT2D eigenvalue weighted by atomic mass is 79.9. The molecule has 1 aromatic rings. The van der Waals surface area contributed by atoms with Crippen LogP contribution in [0.5, 0.6) is 0 Å². The smallest absolute Gasteiger partial charge is 0.227 e. The van der Waals surface area contributed by atoms with Gasteiger partial charge in [-0.3, -0.25) is 9.59 Å². The Morgan fingerprint density at radius 1 is 1.27 bits per heavy atom. The third kappa shape index (κ3) is 4.74. The Morgan fingerprint density at radius 2 is 1.87 bits per heavy atom. The van der Waals surface area contributed by atoms with Crippen molar-refractivity contribution in [1.29, 1.82) is 0 Å². The van der Waals surface area contributed by atoms with E-state index in [1.54, 1.807) is 0 Å². The molecule has 0 aliphatic carbocycles. The van der Waals surface area contributed by atoms with Crippen molar-refractivity contribution in [3.63, 3.8) is 0 Å². The van der Waals surface area contributed by atoms with Crippen molar-refractivity contribution in [3.05, 3.63) is 34.3 Å². The molecule has 0 radical (unpaired) electrons. The van der Waals surface area contributed by atoms with Crippen LogP contribution in [0.2, 0.25) is 0 Å². The van der Waals surface area contributed by atoms with Crippen molar-refractivity contribution in [3.8, 4) is 0 Å². The van der Waals surface area contributed by atoms with E-state index in [4.69, 9.17) is 0 Å². The Balaban J connectivity index is 2.40. The van der Waals surface area contributed by atoms with Crippen LogP contribution in [0.3, 0.4) is 0 Å². The van der Waals surface area contributed by atoms with Crippen LogP contribution in [-0.2, 0) is 16.1 Å². The summed E-state index contributed by atoms with van der Waals surface area (Å²) in [7, 11) is 0. The number of carbonyl (C=O) groups excluding carboxylic acids is 2. The van der Waals surface area contributed by atoms with E-state index in [9.17, 15) is 9.59 Å². The molecule has 1 N–H and O–H groups in total. The molecule has 0 fully saturated rings. The summed E-state index contributed by atoms with van der Waals surface area (Å²) in [4.78, 5) is 21.8. The first-order valence-corrected chi connectivity index (χ1v) is 5.38. The fourth-order valence-electron chi connectivity index (χ4n) is 1.09. The molecule has 0 aliphatic heterocycles. The van der Waals surface area contributed by atoms with Gasteiger partial charge in [-0.15, -0.1) is 0 Å². The lowest BCUT2D eigenvalue weighted by Gasteiger charge is -2.03. The lowest BCUT2D eigenvalue weighted by molar-refractivity contribution is -0.127.